The van der Waals surface area contributed by atoms with Crippen molar-refractivity contribution in [3.8, 4) is 0 Å². The molecule has 3 nitrogen and oxygen atoms in total. The summed E-state index contributed by atoms with van der Waals surface area (Å²) in [5, 5.41) is 0. The number of cyclic esters (lactones) is 1. The summed E-state index contributed by atoms with van der Waals surface area (Å²) in [5.74, 6) is 0.00677. The number of esters is 1. The van der Waals surface area contributed by atoms with Crippen molar-refractivity contribution in [2.75, 3.05) is 6.54 Å². The first-order chi connectivity index (χ1) is 9.61. The number of rotatable bonds is 0. The van der Waals surface area contributed by atoms with Crippen LogP contribution in [0.4, 0.5) is 0 Å². The summed E-state index contributed by atoms with van der Waals surface area (Å²) in [7, 11) is 0. The Hall–Kier alpha value is -1.35. The number of hydrogen-bond donors (Lipinski definition) is 0. The first-order valence-electron chi connectivity index (χ1n) is 7.66. The van der Waals surface area contributed by atoms with E-state index in [1.165, 1.54) is 11.1 Å². The lowest BCUT2D eigenvalue weighted by atomic mass is 9.70. The van der Waals surface area contributed by atoms with Crippen molar-refractivity contribution < 1.29 is 9.53 Å². The van der Waals surface area contributed by atoms with Crippen LogP contribution < -0.4 is 0 Å². The van der Waals surface area contributed by atoms with Crippen molar-refractivity contribution in [2.45, 2.75) is 51.3 Å². The Morgan fingerprint density at radius 1 is 1.35 bits per heavy atom. The largest absolute Gasteiger partial charge is 0.461 e. The maximum absolute atomic E-state index is 12.2. The molecule has 2 saturated heterocycles. The van der Waals surface area contributed by atoms with Gasteiger partial charge in [0.15, 0.2) is 0 Å². The van der Waals surface area contributed by atoms with Crippen LogP contribution in [0.1, 0.15) is 43.9 Å². The molecule has 3 heteroatoms. The average molecular weight is 271 g/mol. The molecule has 106 valence electrons. The first kappa shape index (κ1) is 12.4. The predicted molar refractivity (Wildman–Crippen MR) is 76.3 cm³/mol. The minimum absolute atomic E-state index is 0.00677. The van der Waals surface area contributed by atoms with Gasteiger partial charge in [-0.05, 0) is 44.2 Å². The Morgan fingerprint density at radius 2 is 2.15 bits per heavy atom. The van der Waals surface area contributed by atoms with Crippen molar-refractivity contribution >= 4 is 5.97 Å². The van der Waals surface area contributed by atoms with Gasteiger partial charge in [0.2, 0.25) is 0 Å². The van der Waals surface area contributed by atoms with E-state index in [9.17, 15) is 4.79 Å². The van der Waals surface area contributed by atoms with E-state index in [1.54, 1.807) is 0 Å². The number of nitrogens with zero attached hydrogens (tertiary/aromatic N) is 1. The van der Waals surface area contributed by atoms with Crippen LogP contribution >= 0.6 is 0 Å². The van der Waals surface area contributed by atoms with Crippen LogP contribution in [0, 0.1) is 5.41 Å². The van der Waals surface area contributed by atoms with Gasteiger partial charge in [-0.1, -0.05) is 24.3 Å². The minimum atomic E-state index is -0.303. The molecule has 1 aromatic rings. The molecule has 4 atom stereocenters. The number of fused-ring (bicyclic) bond motifs is 5. The van der Waals surface area contributed by atoms with Crippen molar-refractivity contribution in [1.82, 2.24) is 4.90 Å². The second-order valence-corrected chi connectivity index (χ2v) is 6.71. The molecular weight excluding hydrogens is 250 g/mol. The molecule has 0 amide bonds. The quantitative estimate of drug-likeness (QED) is 0.679. The van der Waals surface area contributed by atoms with Crippen molar-refractivity contribution in [3.63, 3.8) is 0 Å². The highest BCUT2D eigenvalue weighted by Gasteiger charge is 2.59. The number of ether oxygens (including phenoxy) is 1. The highest BCUT2D eigenvalue weighted by molar-refractivity contribution is 5.80. The van der Waals surface area contributed by atoms with Gasteiger partial charge in [0.25, 0.3) is 0 Å². The summed E-state index contributed by atoms with van der Waals surface area (Å²) >= 11 is 0. The van der Waals surface area contributed by atoms with E-state index in [2.05, 4.69) is 43.0 Å². The van der Waals surface area contributed by atoms with Crippen molar-refractivity contribution in [2.24, 2.45) is 5.41 Å². The van der Waals surface area contributed by atoms with Crippen molar-refractivity contribution in [3.05, 3.63) is 35.4 Å². The third-order valence-electron chi connectivity index (χ3n) is 5.60. The summed E-state index contributed by atoms with van der Waals surface area (Å²) in [4.78, 5) is 14.8. The zero-order valence-electron chi connectivity index (χ0n) is 12.1. The molecule has 3 aliphatic heterocycles. The van der Waals surface area contributed by atoms with Gasteiger partial charge in [0.1, 0.15) is 6.10 Å². The lowest BCUT2D eigenvalue weighted by Crippen LogP contribution is -2.56. The van der Waals surface area contributed by atoms with E-state index in [-0.39, 0.29) is 23.5 Å². The molecule has 3 aliphatic rings. The van der Waals surface area contributed by atoms with Crippen LogP contribution in [-0.4, -0.2) is 29.6 Å². The number of carbonyl (C=O) groups is 1. The Bertz CT molecular complexity index is 570. The van der Waals surface area contributed by atoms with Crippen LogP contribution in [0.25, 0.3) is 0 Å². The standard InChI is InChI=1S/C17H21NO2/c1-11-15-17(2,16(19)20-11)9-7-14-13-6-4-3-5-12(13)8-10-18(14)15/h3-6,11,14-15H,7-10H2,1-2H3/t11-,14+,15+,17-/m0/s1. The van der Waals surface area contributed by atoms with Gasteiger partial charge in [0, 0.05) is 12.6 Å². The van der Waals surface area contributed by atoms with Crippen LogP contribution in [0.2, 0.25) is 0 Å². The Labute approximate surface area is 119 Å². The maximum atomic E-state index is 12.2. The highest BCUT2D eigenvalue weighted by Crippen LogP contribution is 2.51. The smallest absolute Gasteiger partial charge is 0.313 e. The second-order valence-electron chi connectivity index (χ2n) is 6.71. The van der Waals surface area contributed by atoms with Gasteiger partial charge >= 0.3 is 5.97 Å². The van der Waals surface area contributed by atoms with Gasteiger partial charge < -0.3 is 4.74 Å². The predicted octanol–water partition coefficient (Wildman–Crippen LogP) is 2.70. The van der Waals surface area contributed by atoms with Gasteiger partial charge in [-0.2, -0.15) is 0 Å². The third-order valence-corrected chi connectivity index (χ3v) is 5.60. The number of piperidine rings is 1. The van der Waals surface area contributed by atoms with Crippen LogP contribution in [0.15, 0.2) is 24.3 Å². The molecule has 0 saturated carbocycles. The zero-order chi connectivity index (χ0) is 13.9. The third kappa shape index (κ3) is 1.47. The summed E-state index contributed by atoms with van der Waals surface area (Å²) in [6.07, 6.45) is 3.10. The number of hydrogen-bond acceptors (Lipinski definition) is 3. The molecule has 2 fully saturated rings. The Morgan fingerprint density at radius 3 is 3.00 bits per heavy atom. The Kier molecular flexibility index (Phi) is 2.53. The fourth-order valence-electron chi connectivity index (χ4n) is 4.65. The lowest BCUT2D eigenvalue weighted by Gasteiger charge is -2.50. The van der Waals surface area contributed by atoms with Crippen LogP contribution in [0.3, 0.4) is 0 Å². The lowest BCUT2D eigenvalue weighted by molar-refractivity contribution is -0.149. The summed E-state index contributed by atoms with van der Waals surface area (Å²) in [6.45, 7) is 5.19. The van der Waals surface area contributed by atoms with E-state index in [1.807, 2.05) is 0 Å². The molecule has 1 aromatic carbocycles. The fraction of sp³-hybridized carbons (Fsp3) is 0.588. The molecule has 0 spiro atoms. The van der Waals surface area contributed by atoms with Crippen molar-refractivity contribution in [1.29, 1.82) is 0 Å². The first-order valence-corrected chi connectivity index (χ1v) is 7.66. The normalized spacial score (nSPS) is 39.7. The van der Waals surface area contributed by atoms with Gasteiger partial charge in [0.05, 0.1) is 11.5 Å². The number of benzene rings is 1. The van der Waals surface area contributed by atoms with E-state index in [4.69, 9.17) is 4.74 Å². The molecule has 0 aromatic heterocycles. The summed E-state index contributed by atoms with van der Waals surface area (Å²) in [6, 6.07) is 9.48. The van der Waals surface area contributed by atoms with Crippen LogP contribution in [0.5, 0.6) is 0 Å². The second kappa shape index (κ2) is 4.08. The highest BCUT2D eigenvalue weighted by atomic mass is 16.6. The molecule has 0 unspecified atom stereocenters. The van der Waals surface area contributed by atoms with Gasteiger partial charge in [-0.15, -0.1) is 0 Å². The SMILES string of the molecule is C[C@@H]1OC(=O)[C@@]2(C)CC[C@@H]3c4ccccc4CCN3[C@H]12. The zero-order valence-corrected chi connectivity index (χ0v) is 12.1. The van der Waals surface area contributed by atoms with E-state index >= 15 is 0 Å². The van der Waals surface area contributed by atoms with Gasteiger partial charge in [-0.25, -0.2) is 0 Å². The molecule has 20 heavy (non-hydrogen) atoms. The van der Waals surface area contributed by atoms with Gasteiger partial charge in [-0.3, -0.25) is 9.69 Å². The molecule has 0 aliphatic carbocycles. The monoisotopic (exact) mass is 271 g/mol. The van der Waals surface area contributed by atoms with E-state index in [0.29, 0.717) is 6.04 Å². The molecule has 0 bridgehead atoms. The molecule has 3 heterocycles. The van der Waals surface area contributed by atoms with Crippen LogP contribution in [-0.2, 0) is 16.0 Å². The average Bonchev–Trinajstić information content (AvgIpc) is 2.69. The van der Waals surface area contributed by atoms with E-state index in [0.717, 1.165) is 25.8 Å². The Balaban J connectivity index is 1.76. The summed E-state index contributed by atoms with van der Waals surface area (Å²) < 4.78 is 5.57. The molecular formula is C17H21NO2. The fourth-order valence-corrected chi connectivity index (χ4v) is 4.65. The molecule has 0 N–H and O–H groups in total. The molecule has 4 rings (SSSR count). The maximum Gasteiger partial charge on any atom is 0.313 e. The van der Waals surface area contributed by atoms with E-state index < -0.39 is 0 Å². The topological polar surface area (TPSA) is 29.5 Å². The number of carbonyl (C=O) groups excluding carboxylic acids is 1. The minimum Gasteiger partial charge on any atom is -0.461 e. The molecule has 0 radical (unpaired) electrons. The summed E-state index contributed by atoms with van der Waals surface area (Å²) in [5.41, 5.74) is 2.64.